The van der Waals surface area contributed by atoms with E-state index in [0.29, 0.717) is 23.7 Å². The van der Waals surface area contributed by atoms with Crippen molar-refractivity contribution in [3.8, 4) is 5.75 Å². The highest BCUT2D eigenvalue weighted by Gasteiger charge is 2.30. The van der Waals surface area contributed by atoms with Crippen molar-refractivity contribution in [1.29, 1.82) is 0 Å². The van der Waals surface area contributed by atoms with Crippen LogP contribution in [0.1, 0.15) is 42.0 Å². The van der Waals surface area contributed by atoms with Gasteiger partial charge in [-0.3, -0.25) is 9.59 Å². The molecule has 190 valence electrons. The van der Waals surface area contributed by atoms with Crippen LogP contribution >= 0.6 is 11.6 Å². The van der Waals surface area contributed by atoms with Crippen molar-refractivity contribution in [2.75, 3.05) is 13.2 Å². The van der Waals surface area contributed by atoms with E-state index in [0.717, 1.165) is 35.1 Å². The standard InChI is InChI=1S/C30H35ClN2O3/c1-4-5-17-32-30(35)27(19-24-9-7-6-8-10-24)33(20-25-12-14-26(31)15-13-25)29(34)21-36-28-16-11-22(2)18-23(28)3/h6-16,18,27H,4-5,17,19-21H2,1-3H3,(H,32,35)/t27-/m1/s1. The fraction of sp³-hybridized carbons (Fsp3) is 0.333. The first-order valence-electron chi connectivity index (χ1n) is 12.4. The van der Waals surface area contributed by atoms with Crippen LogP contribution in [0, 0.1) is 13.8 Å². The number of ether oxygens (including phenoxy) is 1. The molecule has 0 saturated heterocycles. The minimum atomic E-state index is -0.685. The average molecular weight is 507 g/mol. The van der Waals surface area contributed by atoms with Gasteiger partial charge in [-0.05, 0) is 55.2 Å². The lowest BCUT2D eigenvalue weighted by Gasteiger charge is -2.31. The van der Waals surface area contributed by atoms with E-state index in [1.165, 1.54) is 0 Å². The first-order valence-corrected chi connectivity index (χ1v) is 12.8. The summed E-state index contributed by atoms with van der Waals surface area (Å²) >= 11 is 6.08. The normalized spacial score (nSPS) is 11.6. The first kappa shape index (κ1) is 27.3. The van der Waals surface area contributed by atoms with Crippen LogP contribution in [0.3, 0.4) is 0 Å². The molecule has 1 N–H and O–H groups in total. The Bertz CT molecular complexity index is 1130. The SMILES string of the molecule is CCCCNC(=O)[C@@H](Cc1ccccc1)N(Cc1ccc(Cl)cc1)C(=O)COc1ccc(C)cc1C. The highest BCUT2D eigenvalue weighted by atomic mass is 35.5. The summed E-state index contributed by atoms with van der Waals surface area (Å²) in [7, 11) is 0. The van der Waals surface area contributed by atoms with Gasteiger partial charge >= 0.3 is 0 Å². The second kappa shape index (κ2) is 13.7. The van der Waals surface area contributed by atoms with Crippen LogP contribution < -0.4 is 10.1 Å². The van der Waals surface area contributed by atoms with Gasteiger partial charge in [-0.2, -0.15) is 0 Å². The topological polar surface area (TPSA) is 58.6 Å². The number of aryl methyl sites for hydroxylation is 2. The maximum absolute atomic E-state index is 13.6. The number of rotatable bonds is 12. The molecule has 36 heavy (non-hydrogen) atoms. The number of hydrogen-bond donors (Lipinski definition) is 1. The molecule has 0 unspecified atom stereocenters. The Hall–Kier alpha value is -3.31. The predicted molar refractivity (Wildman–Crippen MR) is 145 cm³/mol. The number of unbranched alkanes of at least 4 members (excludes halogenated alkanes) is 1. The Morgan fingerprint density at radius 1 is 0.972 bits per heavy atom. The molecular formula is C30H35ClN2O3. The summed E-state index contributed by atoms with van der Waals surface area (Å²) in [5.41, 5.74) is 3.96. The fourth-order valence-electron chi connectivity index (χ4n) is 4.03. The van der Waals surface area contributed by atoms with Gasteiger partial charge in [-0.25, -0.2) is 0 Å². The monoisotopic (exact) mass is 506 g/mol. The van der Waals surface area contributed by atoms with E-state index in [-0.39, 0.29) is 25.0 Å². The number of carbonyl (C=O) groups is 2. The third-order valence-corrected chi connectivity index (χ3v) is 6.30. The molecule has 0 radical (unpaired) electrons. The number of hydrogen-bond acceptors (Lipinski definition) is 3. The predicted octanol–water partition coefficient (Wildman–Crippen LogP) is 5.89. The lowest BCUT2D eigenvalue weighted by Crippen LogP contribution is -2.51. The summed E-state index contributed by atoms with van der Waals surface area (Å²) in [6.07, 6.45) is 2.26. The molecule has 5 nitrogen and oxygen atoms in total. The van der Waals surface area contributed by atoms with Crippen molar-refractivity contribution < 1.29 is 14.3 Å². The van der Waals surface area contributed by atoms with Crippen molar-refractivity contribution >= 4 is 23.4 Å². The zero-order valence-corrected chi connectivity index (χ0v) is 22.1. The van der Waals surface area contributed by atoms with Crippen LogP contribution in [0.4, 0.5) is 0 Å². The third-order valence-electron chi connectivity index (χ3n) is 6.05. The summed E-state index contributed by atoms with van der Waals surface area (Å²) < 4.78 is 5.93. The van der Waals surface area contributed by atoms with Crippen LogP contribution in [-0.4, -0.2) is 35.9 Å². The van der Waals surface area contributed by atoms with E-state index in [2.05, 4.69) is 12.2 Å². The molecule has 0 bridgehead atoms. The molecule has 3 rings (SSSR count). The van der Waals surface area contributed by atoms with E-state index >= 15 is 0 Å². The van der Waals surface area contributed by atoms with Gasteiger partial charge in [-0.1, -0.05) is 85.1 Å². The third kappa shape index (κ3) is 8.13. The number of amides is 2. The van der Waals surface area contributed by atoms with Crippen molar-refractivity contribution in [3.63, 3.8) is 0 Å². The molecule has 6 heteroatoms. The Labute approximate surface area is 219 Å². The van der Waals surface area contributed by atoms with Crippen LogP contribution in [0.25, 0.3) is 0 Å². The second-order valence-corrected chi connectivity index (χ2v) is 9.49. The van der Waals surface area contributed by atoms with E-state index in [1.54, 1.807) is 17.0 Å². The Balaban J connectivity index is 1.88. The van der Waals surface area contributed by atoms with E-state index in [9.17, 15) is 9.59 Å². The zero-order chi connectivity index (χ0) is 25.9. The number of carbonyl (C=O) groups excluding carboxylic acids is 2. The van der Waals surface area contributed by atoms with Gasteiger partial charge in [0.1, 0.15) is 11.8 Å². The van der Waals surface area contributed by atoms with Gasteiger partial charge in [-0.15, -0.1) is 0 Å². The van der Waals surface area contributed by atoms with Gasteiger partial charge in [0.25, 0.3) is 5.91 Å². The quantitative estimate of drug-likeness (QED) is 0.311. The van der Waals surface area contributed by atoms with Crippen molar-refractivity contribution in [2.24, 2.45) is 0 Å². The maximum Gasteiger partial charge on any atom is 0.261 e. The molecule has 0 aliphatic heterocycles. The highest BCUT2D eigenvalue weighted by Crippen LogP contribution is 2.20. The van der Waals surface area contributed by atoms with Crippen molar-refractivity contribution in [1.82, 2.24) is 10.2 Å². The van der Waals surface area contributed by atoms with Crippen LogP contribution in [0.2, 0.25) is 5.02 Å². The smallest absolute Gasteiger partial charge is 0.261 e. The lowest BCUT2D eigenvalue weighted by molar-refractivity contribution is -0.142. The number of halogens is 1. The van der Waals surface area contributed by atoms with Crippen molar-refractivity contribution in [2.45, 2.75) is 52.6 Å². The van der Waals surface area contributed by atoms with Gasteiger partial charge in [0.2, 0.25) is 5.91 Å². The Kier molecular flexibility index (Phi) is 10.4. The second-order valence-electron chi connectivity index (χ2n) is 9.06. The molecule has 0 heterocycles. The molecule has 3 aromatic rings. The van der Waals surface area contributed by atoms with Gasteiger partial charge < -0.3 is 15.0 Å². The van der Waals surface area contributed by atoms with E-state index in [1.807, 2.05) is 74.5 Å². The summed E-state index contributed by atoms with van der Waals surface area (Å²) in [6, 6.07) is 22.3. The molecule has 0 aromatic heterocycles. The Morgan fingerprint density at radius 2 is 1.69 bits per heavy atom. The molecule has 3 aromatic carbocycles. The van der Waals surface area contributed by atoms with Gasteiger partial charge in [0.15, 0.2) is 6.61 Å². The Morgan fingerprint density at radius 3 is 2.36 bits per heavy atom. The average Bonchev–Trinajstić information content (AvgIpc) is 2.87. The van der Waals surface area contributed by atoms with Crippen molar-refractivity contribution in [3.05, 3.63) is 100 Å². The summed E-state index contributed by atoms with van der Waals surface area (Å²) in [5, 5.41) is 3.65. The molecule has 0 aliphatic rings. The summed E-state index contributed by atoms with van der Waals surface area (Å²) in [4.78, 5) is 28.7. The fourth-order valence-corrected chi connectivity index (χ4v) is 4.16. The number of benzene rings is 3. The minimum absolute atomic E-state index is 0.162. The van der Waals surface area contributed by atoms with Crippen LogP contribution in [0.5, 0.6) is 5.75 Å². The van der Waals surface area contributed by atoms with E-state index < -0.39 is 6.04 Å². The maximum atomic E-state index is 13.6. The lowest BCUT2D eigenvalue weighted by atomic mass is 10.0. The van der Waals surface area contributed by atoms with E-state index in [4.69, 9.17) is 16.3 Å². The zero-order valence-electron chi connectivity index (χ0n) is 21.3. The summed E-state index contributed by atoms with van der Waals surface area (Å²) in [5.74, 6) is 0.241. The highest BCUT2D eigenvalue weighted by molar-refractivity contribution is 6.30. The number of nitrogens with one attached hydrogen (secondary N) is 1. The molecule has 0 saturated carbocycles. The van der Waals surface area contributed by atoms with Gasteiger partial charge in [0.05, 0.1) is 0 Å². The first-order chi connectivity index (χ1) is 17.4. The number of nitrogens with zero attached hydrogens (tertiary/aromatic N) is 1. The molecule has 2 amide bonds. The molecule has 0 spiro atoms. The van der Waals surface area contributed by atoms with Crippen LogP contribution in [0.15, 0.2) is 72.8 Å². The molecule has 0 fully saturated rings. The van der Waals surface area contributed by atoms with Crippen LogP contribution in [-0.2, 0) is 22.6 Å². The largest absolute Gasteiger partial charge is 0.483 e. The molecule has 1 atom stereocenters. The van der Waals surface area contributed by atoms with Gasteiger partial charge in [0, 0.05) is 24.5 Å². The molecule has 0 aliphatic carbocycles. The minimum Gasteiger partial charge on any atom is -0.483 e. The summed E-state index contributed by atoms with van der Waals surface area (Å²) in [6.45, 7) is 6.73. The molecular weight excluding hydrogens is 472 g/mol.